The van der Waals surface area contributed by atoms with E-state index in [4.69, 9.17) is 25.8 Å². The fraction of sp³-hybridized carbons (Fsp3) is 0.481. The van der Waals surface area contributed by atoms with Gasteiger partial charge in [0, 0.05) is 11.6 Å². The SMILES string of the molecule is CCOc1ccc(Cc2cc([C@@H]3O[C@H](C(=O)N4CCC[C@H]4C(=O)OC)[C@@H](O)[C@H](O)[C@H]3O)ccc2Cl)cc1. The Morgan fingerprint density at radius 3 is 2.49 bits per heavy atom. The third-order valence-electron chi connectivity index (χ3n) is 6.89. The average molecular weight is 534 g/mol. The van der Waals surface area contributed by atoms with Gasteiger partial charge in [0.25, 0.3) is 5.91 Å². The Morgan fingerprint density at radius 2 is 1.81 bits per heavy atom. The molecule has 2 aromatic rings. The first kappa shape index (κ1) is 27.3. The lowest BCUT2D eigenvalue weighted by Gasteiger charge is -2.41. The van der Waals surface area contributed by atoms with Gasteiger partial charge in [0.15, 0.2) is 6.10 Å². The van der Waals surface area contributed by atoms with Crippen LogP contribution < -0.4 is 4.74 Å². The van der Waals surface area contributed by atoms with Crippen molar-refractivity contribution in [2.45, 2.75) is 62.7 Å². The van der Waals surface area contributed by atoms with E-state index in [9.17, 15) is 24.9 Å². The Hall–Kier alpha value is -2.69. The summed E-state index contributed by atoms with van der Waals surface area (Å²) in [6, 6.07) is 11.9. The smallest absolute Gasteiger partial charge is 0.328 e. The molecule has 3 N–H and O–H groups in total. The second kappa shape index (κ2) is 11.8. The van der Waals surface area contributed by atoms with Gasteiger partial charge in [-0.1, -0.05) is 35.9 Å². The maximum Gasteiger partial charge on any atom is 0.328 e. The molecule has 2 saturated heterocycles. The zero-order chi connectivity index (χ0) is 26.7. The van der Waals surface area contributed by atoms with Gasteiger partial charge in [-0.15, -0.1) is 0 Å². The van der Waals surface area contributed by atoms with Gasteiger partial charge in [-0.3, -0.25) is 4.79 Å². The fourth-order valence-corrected chi connectivity index (χ4v) is 5.12. The second-order valence-corrected chi connectivity index (χ2v) is 9.67. The Balaban J connectivity index is 1.56. The molecule has 0 spiro atoms. The van der Waals surface area contributed by atoms with Crippen LogP contribution in [-0.2, 0) is 25.5 Å². The fourth-order valence-electron chi connectivity index (χ4n) is 4.93. The molecule has 0 aliphatic carbocycles. The predicted octanol–water partition coefficient (Wildman–Crippen LogP) is 2.02. The predicted molar refractivity (Wildman–Crippen MR) is 134 cm³/mol. The molecule has 2 heterocycles. The zero-order valence-electron chi connectivity index (χ0n) is 20.7. The molecule has 0 bridgehead atoms. The lowest BCUT2D eigenvalue weighted by Crippen LogP contribution is -2.60. The van der Waals surface area contributed by atoms with Gasteiger partial charge in [0.1, 0.15) is 36.2 Å². The summed E-state index contributed by atoms with van der Waals surface area (Å²) in [5.41, 5.74) is 2.24. The molecule has 37 heavy (non-hydrogen) atoms. The van der Waals surface area contributed by atoms with Crippen LogP contribution in [0.4, 0.5) is 0 Å². The molecule has 6 atom stereocenters. The van der Waals surface area contributed by atoms with Gasteiger partial charge < -0.3 is 34.4 Å². The van der Waals surface area contributed by atoms with Crippen molar-refractivity contribution < 1.29 is 39.1 Å². The number of hydrogen-bond acceptors (Lipinski definition) is 8. The molecule has 0 unspecified atom stereocenters. The van der Waals surface area contributed by atoms with Crippen molar-refractivity contribution in [2.24, 2.45) is 0 Å². The zero-order valence-corrected chi connectivity index (χ0v) is 21.5. The molecule has 10 heteroatoms. The van der Waals surface area contributed by atoms with Crippen molar-refractivity contribution in [3.8, 4) is 5.75 Å². The molecule has 2 aliphatic heterocycles. The minimum Gasteiger partial charge on any atom is -0.494 e. The van der Waals surface area contributed by atoms with Crippen LogP contribution >= 0.6 is 11.6 Å². The minimum atomic E-state index is -1.67. The van der Waals surface area contributed by atoms with Crippen molar-refractivity contribution in [1.29, 1.82) is 0 Å². The van der Waals surface area contributed by atoms with Crippen LogP contribution in [0.2, 0.25) is 5.02 Å². The molecule has 1 amide bonds. The van der Waals surface area contributed by atoms with Gasteiger partial charge >= 0.3 is 5.97 Å². The van der Waals surface area contributed by atoms with Gasteiger partial charge in [0.2, 0.25) is 0 Å². The quantitative estimate of drug-likeness (QED) is 0.462. The van der Waals surface area contributed by atoms with Gasteiger partial charge in [-0.25, -0.2) is 4.79 Å². The van der Waals surface area contributed by atoms with Crippen LogP contribution in [-0.4, -0.2) is 82.8 Å². The highest BCUT2D eigenvalue weighted by molar-refractivity contribution is 6.31. The summed E-state index contributed by atoms with van der Waals surface area (Å²) in [5.74, 6) is -0.426. The summed E-state index contributed by atoms with van der Waals surface area (Å²) in [5, 5.41) is 32.5. The number of nitrogens with zero attached hydrogens (tertiary/aromatic N) is 1. The number of carbonyl (C=O) groups is 2. The molecule has 0 saturated carbocycles. The number of likely N-dealkylation sites (tertiary alicyclic amines) is 1. The molecule has 0 aromatic heterocycles. The third-order valence-corrected chi connectivity index (χ3v) is 7.26. The first-order chi connectivity index (χ1) is 17.7. The molecular formula is C27H32ClNO8. The van der Waals surface area contributed by atoms with Crippen LogP contribution in [0.25, 0.3) is 0 Å². The Morgan fingerprint density at radius 1 is 1.08 bits per heavy atom. The van der Waals surface area contributed by atoms with Gasteiger partial charge in [-0.2, -0.15) is 0 Å². The maximum atomic E-state index is 13.3. The number of aliphatic hydroxyl groups excluding tert-OH is 3. The Labute approximate surface area is 220 Å². The first-order valence-corrected chi connectivity index (χ1v) is 12.7. The summed E-state index contributed by atoms with van der Waals surface area (Å²) in [7, 11) is 1.25. The molecule has 2 fully saturated rings. The number of ether oxygens (including phenoxy) is 3. The lowest BCUT2D eigenvalue weighted by atomic mass is 9.89. The number of halogens is 1. The van der Waals surface area contributed by atoms with E-state index in [1.54, 1.807) is 18.2 Å². The van der Waals surface area contributed by atoms with Gasteiger partial charge in [0.05, 0.1) is 13.7 Å². The Bertz CT molecular complexity index is 1110. The van der Waals surface area contributed by atoms with Crippen molar-refractivity contribution in [3.63, 3.8) is 0 Å². The Kier molecular flexibility index (Phi) is 8.71. The molecular weight excluding hydrogens is 502 g/mol. The minimum absolute atomic E-state index is 0.293. The summed E-state index contributed by atoms with van der Waals surface area (Å²) in [6.45, 7) is 2.78. The normalized spacial score (nSPS) is 27.7. The van der Waals surface area contributed by atoms with E-state index in [0.29, 0.717) is 43.0 Å². The topological polar surface area (TPSA) is 126 Å². The molecule has 4 rings (SSSR count). The summed E-state index contributed by atoms with van der Waals surface area (Å²) < 4.78 is 16.2. The van der Waals surface area contributed by atoms with Crippen LogP contribution in [0, 0.1) is 0 Å². The number of esters is 1. The van der Waals surface area contributed by atoms with Crippen molar-refractivity contribution in [3.05, 3.63) is 64.2 Å². The second-order valence-electron chi connectivity index (χ2n) is 9.27. The van der Waals surface area contributed by atoms with Crippen LogP contribution in [0.15, 0.2) is 42.5 Å². The van der Waals surface area contributed by atoms with E-state index in [1.807, 2.05) is 31.2 Å². The van der Waals surface area contributed by atoms with Crippen molar-refractivity contribution in [1.82, 2.24) is 4.90 Å². The largest absolute Gasteiger partial charge is 0.494 e. The maximum absolute atomic E-state index is 13.3. The van der Waals surface area contributed by atoms with E-state index in [1.165, 1.54) is 12.0 Å². The molecule has 2 aliphatic rings. The number of methoxy groups -OCH3 is 1. The van der Waals surface area contributed by atoms with Crippen LogP contribution in [0.3, 0.4) is 0 Å². The number of rotatable bonds is 7. The lowest BCUT2D eigenvalue weighted by molar-refractivity contribution is -0.227. The molecule has 200 valence electrons. The average Bonchev–Trinajstić information content (AvgIpc) is 3.39. The third kappa shape index (κ3) is 5.76. The summed E-state index contributed by atoms with van der Waals surface area (Å²) >= 11 is 6.46. The number of amides is 1. The highest BCUT2D eigenvalue weighted by Crippen LogP contribution is 2.36. The highest BCUT2D eigenvalue weighted by atomic mass is 35.5. The highest BCUT2D eigenvalue weighted by Gasteiger charge is 2.50. The summed E-state index contributed by atoms with van der Waals surface area (Å²) in [6.07, 6.45) is -5.87. The van der Waals surface area contributed by atoms with E-state index < -0.39 is 48.4 Å². The van der Waals surface area contributed by atoms with Crippen molar-refractivity contribution >= 4 is 23.5 Å². The number of hydrogen-bond donors (Lipinski definition) is 3. The van der Waals surface area contributed by atoms with Crippen LogP contribution in [0.5, 0.6) is 5.75 Å². The van der Waals surface area contributed by atoms with E-state index >= 15 is 0 Å². The van der Waals surface area contributed by atoms with Gasteiger partial charge in [-0.05, 0) is 61.1 Å². The van der Waals surface area contributed by atoms with Crippen molar-refractivity contribution in [2.75, 3.05) is 20.3 Å². The van der Waals surface area contributed by atoms with Crippen LogP contribution in [0.1, 0.15) is 42.6 Å². The number of benzene rings is 2. The molecule has 0 radical (unpaired) electrons. The molecule has 9 nitrogen and oxygen atoms in total. The van der Waals surface area contributed by atoms with E-state index in [-0.39, 0.29) is 0 Å². The summed E-state index contributed by atoms with van der Waals surface area (Å²) in [4.78, 5) is 26.8. The first-order valence-electron chi connectivity index (χ1n) is 12.3. The number of carbonyl (C=O) groups excluding carboxylic acids is 2. The van der Waals surface area contributed by atoms with E-state index in [0.717, 1.165) is 16.9 Å². The molecule has 2 aromatic carbocycles. The standard InChI is InChI=1S/C27H32ClNO8/c1-3-36-18-9-6-15(7-10-18)13-17-14-16(8-11-19(17)28)24-22(31)21(30)23(32)25(37-24)26(33)29-12-4-5-20(29)27(34)35-2/h6-11,14,20-25,30-32H,3-5,12-13H2,1-2H3/t20-,21+,22+,23-,24-,25-/m0/s1. The van der Waals surface area contributed by atoms with E-state index in [2.05, 4.69) is 0 Å². The number of aliphatic hydroxyl groups is 3. The monoisotopic (exact) mass is 533 g/mol.